The highest BCUT2D eigenvalue weighted by Gasteiger charge is 2.61. The van der Waals surface area contributed by atoms with E-state index in [0.717, 1.165) is 132 Å². The Bertz CT molecular complexity index is 3310. The number of hydrogen-bond acceptors (Lipinski definition) is 17. The molecule has 6 fully saturated rings. The van der Waals surface area contributed by atoms with Gasteiger partial charge in [-0.1, -0.05) is 202 Å². The largest absolute Gasteiger partial charge is 0.508 e. The predicted molar refractivity (Wildman–Crippen MR) is 421 cm³/mol. The first-order valence-corrected chi connectivity index (χ1v) is 43.8. The fourth-order valence-corrected chi connectivity index (χ4v) is 26.7. The van der Waals surface area contributed by atoms with Crippen LogP contribution in [0.25, 0.3) is 10.8 Å². The average Bonchev–Trinajstić information content (AvgIpc) is 1.70. The Morgan fingerprint density at radius 1 is 0.456 bits per heavy atom. The first kappa shape index (κ1) is 79.3. The molecule has 0 radical (unpaired) electrons. The maximum absolute atomic E-state index is 12.9. The molecule has 0 unspecified atom stereocenters. The smallest absolute Gasteiger partial charge is 0.491 e. The van der Waals surface area contributed by atoms with Crippen LogP contribution in [-0.2, 0) is 42.6 Å². The third-order valence-corrected chi connectivity index (χ3v) is 32.5. The molecule has 572 valence electrons. The Hall–Kier alpha value is -3.26. The van der Waals surface area contributed by atoms with E-state index in [1.165, 1.54) is 132 Å². The van der Waals surface area contributed by atoms with Crippen LogP contribution in [-0.4, -0.2) is 117 Å². The highest BCUT2D eigenvalue weighted by molar-refractivity contribution is 8.33. The molecule has 2 aromatic carbocycles. The Morgan fingerprint density at radius 3 is 1.29 bits per heavy atom. The van der Waals surface area contributed by atoms with Gasteiger partial charge in [0.2, 0.25) is 0 Å². The first-order chi connectivity index (χ1) is 49.8. The maximum atomic E-state index is 12.9. The summed E-state index contributed by atoms with van der Waals surface area (Å²) in [6, 6.07) is 11.9. The number of hydrogen-bond donors (Lipinski definition) is 0. The van der Waals surface area contributed by atoms with Crippen LogP contribution in [0.5, 0.6) is 11.5 Å². The van der Waals surface area contributed by atoms with E-state index in [4.69, 9.17) is 52.1 Å². The van der Waals surface area contributed by atoms with Crippen molar-refractivity contribution in [3.05, 3.63) is 88.8 Å². The molecule has 0 bridgehead atoms. The zero-order valence-corrected chi connectivity index (χ0v) is 67.5. The highest BCUT2D eigenvalue weighted by Crippen LogP contribution is 2.70. The molecule has 10 aliphatic rings. The predicted octanol–water partition coefficient (Wildman–Crippen LogP) is 22.6. The van der Waals surface area contributed by atoms with Crippen molar-refractivity contribution in [2.24, 2.45) is 92.7 Å². The van der Waals surface area contributed by atoms with E-state index in [0.29, 0.717) is 83.5 Å². The number of rotatable bonds is 36. The van der Waals surface area contributed by atoms with Gasteiger partial charge in [-0.2, -0.15) is 0 Å². The molecule has 0 aromatic heterocycles. The van der Waals surface area contributed by atoms with Gasteiger partial charge in [-0.15, -0.1) is 0 Å². The Morgan fingerprint density at radius 2 is 0.864 bits per heavy atom. The Balaban J connectivity index is 0.454. The van der Waals surface area contributed by atoms with Gasteiger partial charge in [-0.25, -0.2) is 9.59 Å². The van der Waals surface area contributed by atoms with Crippen LogP contribution < -0.4 is 9.47 Å². The monoisotopic (exact) mass is 1490 g/mol. The molecule has 17 heteroatoms. The fraction of sp³-hybridized carbons (Fsp3) is 0.744. The van der Waals surface area contributed by atoms with E-state index in [2.05, 4.69) is 92.2 Å². The Kier molecular flexibility index (Phi) is 28.5. The number of ether oxygens (including phenoxy) is 11. The van der Waals surface area contributed by atoms with Crippen LogP contribution in [0.3, 0.4) is 0 Å². The third kappa shape index (κ3) is 19.3. The molecule has 0 amide bonds. The van der Waals surface area contributed by atoms with E-state index >= 15 is 0 Å². The molecule has 2 aliphatic heterocycles. The lowest BCUT2D eigenvalue weighted by atomic mass is 9.47. The van der Waals surface area contributed by atoms with E-state index in [9.17, 15) is 9.59 Å². The minimum Gasteiger partial charge on any atom is -0.491 e. The van der Waals surface area contributed by atoms with Crippen molar-refractivity contribution in [2.45, 2.75) is 223 Å². The van der Waals surface area contributed by atoms with Crippen LogP contribution in [0.2, 0.25) is 0 Å². The normalized spacial score (nSPS) is 32.8. The second-order valence-corrected chi connectivity index (χ2v) is 38.7. The van der Waals surface area contributed by atoms with Crippen LogP contribution >= 0.6 is 47.0 Å². The summed E-state index contributed by atoms with van der Waals surface area (Å²) in [7, 11) is 0. The van der Waals surface area contributed by atoms with Gasteiger partial charge in [0.05, 0.1) is 74.5 Å². The summed E-state index contributed by atoms with van der Waals surface area (Å²) in [6.07, 6.45) is 31.0. The van der Waals surface area contributed by atoms with Crippen molar-refractivity contribution in [1.29, 1.82) is 0 Å². The summed E-state index contributed by atoms with van der Waals surface area (Å²) in [5.74, 6) is 11.2. The lowest BCUT2D eigenvalue weighted by molar-refractivity contribution is -0.0626. The van der Waals surface area contributed by atoms with Gasteiger partial charge in [0.15, 0.2) is 0 Å². The molecule has 2 aromatic rings. The van der Waals surface area contributed by atoms with Crippen molar-refractivity contribution in [2.75, 3.05) is 92.5 Å². The molecule has 0 saturated heterocycles. The molecule has 12 rings (SSSR count). The van der Waals surface area contributed by atoms with Gasteiger partial charge >= 0.3 is 12.3 Å². The second-order valence-electron chi connectivity index (χ2n) is 34.2. The van der Waals surface area contributed by atoms with Gasteiger partial charge in [0.1, 0.15) is 50.1 Å². The van der Waals surface area contributed by atoms with Crippen molar-refractivity contribution in [3.63, 3.8) is 0 Å². The van der Waals surface area contributed by atoms with E-state index < -0.39 is 12.3 Å². The van der Waals surface area contributed by atoms with E-state index in [1.807, 2.05) is 36.4 Å². The highest BCUT2D eigenvalue weighted by atomic mass is 32.2. The number of carbonyl (C=O) groups is 2. The van der Waals surface area contributed by atoms with Crippen molar-refractivity contribution >= 4 is 70.1 Å². The summed E-state index contributed by atoms with van der Waals surface area (Å²) in [5, 5.41) is 6.26. The van der Waals surface area contributed by atoms with Crippen LogP contribution in [0.15, 0.2) is 88.8 Å². The first-order valence-electron chi connectivity index (χ1n) is 40.4. The average molecular weight is 1500 g/mol. The van der Waals surface area contributed by atoms with Crippen LogP contribution in [0.4, 0.5) is 9.59 Å². The quantitative estimate of drug-likeness (QED) is 0.0363. The summed E-state index contributed by atoms with van der Waals surface area (Å²) < 4.78 is 67.2. The molecule has 13 nitrogen and oxygen atoms in total. The van der Waals surface area contributed by atoms with Gasteiger partial charge < -0.3 is 52.1 Å². The molecule has 0 spiro atoms. The number of thioether (sulfide) groups is 4. The minimum atomic E-state index is -0.601. The van der Waals surface area contributed by atoms with Crippen molar-refractivity contribution in [3.8, 4) is 11.5 Å². The molecule has 16 atom stereocenters. The summed E-state index contributed by atoms with van der Waals surface area (Å²) in [4.78, 5) is 28.1. The minimum absolute atomic E-state index is 0.121. The number of allylic oxidation sites excluding steroid dienone is 2. The molecule has 103 heavy (non-hydrogen) atoms. The second kappa shape index (κ2) is 37.0. The van der Waals surface area contributed by atoms with E-state index in [-0.39, 0.29) is 42.9 Å². The van der Waals surface area contributed by atoms with Crippen LogP contribution in [0, 0.1) is 92.7 Å². The van der Waals surface area contributed by atoms with Gasteiger partial charge in [0, 0.05) is 33.4 Å². The molecule has 0 N–H and O–H groups in total. The number of carbonyl (C=O) groups excluding carboxylic acids is 2. The summed E-state index contributed by atoms with van der Waals surface area (Å²) >= 11 is 7.01. The maximum Gasteiger partial charge on any atom is 0.508 e. The van der Waals surface area contributed by atoms with E-state index in [1.54, 1.807) is 47.0 Å². The fourth-order valence-electron chi connectivity index (χ4n) is 21.9. The molecule has 8 aliphatic carbocycles. The summed E-state index contributed by atoms with van der Waals surface area (Å²) in [5.41, 5.74) is 4.44. The molecular formula is C86H126O13S4. The lowest BCUT2D eigenvalue weighted by Gasteiger charge is -2.58. The number of fused-ring (bicyclic) bond motifs is 11. The molecule has 6 saturated carbocycles. The zero-order chi connectivity index (χ0) is 72.1. The lowest BCUT2D eigenvalue weighted by Crippen LogP contribution is -2.51. The van der Waals surface area contributed by atoms with Crippen molar-refractivity contribution in [1.82, 2.24) is 0 Å². The summed E-state index contributed by atoms with van der Waals surface area (Å²) in [6.45, 7) is 30.3. The Labute approximate surface area is 635 Å². The van der Waals surface area contributed by atoms with Gasteiger partial charge in [-0.3, -0.25) is 0 Å². The molecular weight excluding hydrogens is 1370 g/mol. The van der Waals surface area contributed by atoms with Gasteiger partial charge in [0.25, 0.3) is 0 Å². The SMILES string of the molecule is CC(C)CCC[C@@H](C)[C@H]1CC[C@H]2[C@@H]3CC=C4C[C@@H](OC(=O)OCCOCCOCC5=CS/C(=C6\SC=C(COCCOCCOc7cccc8c(OCCOCCOC(=O)O[C@H]9CC[C@@]%10(C)C(=CC[C@H]%11[C@@H]%12CC[C@H]([C@H](C)CCCC(C)C)[C@@]%12(C)CC[C@@H]%11%10)C9)cccc78)S6)S5)CC[C@]4(C)[C@H]3CC[C@]12C. The third-order valence-electron chi connectivity index (χ3n) is 27.2. The van der Waals surface area contributed by atoms with Crippen LogP contribution in [0.1, 0.15) is 210 Å². The van der Waals surface area contributed by atoms with Gasteiger partial charge in [-0.05, 0) is 206 Å². The topological polar surface area (TPSA) is 136 Å². The number of benzene rings is 2. The zero-order valence-electron chi connectivity index (χ0n) is 64.3. The van der Waals surface area contributed by atoms with Crippen molar-refractivity contribution < 1.29 is 61.7 Å². The standard InChI is InChI=1S/C86H126O13S4/c1-57(2)15-11-17-59(5)71-27-29-73-69-25-23-61-51-63(31-35-83(61,7)75(69)33-37-85(71,73)9)98-81(87)96-49-45-90-40-42-93-54-66-56-101-80(103-66)79-100-55-65(102-79)53-92-41-39-89-43-47-94-77-21-13-20-68-67(77)19-14-22-78(68)95-48-44-91-46-50-97-82(88)99-64-32-36-84(8)62(52-64)24-26-70-74-30-28-72(60(6)18-12-16-58(3)4)86(74,10)38-34-76(70)84/h13-14,19-24,55-60,63-64,69-76H,11-12,15-18,25-54H2,1-10H3/b80-79-/t59-,60-,63+,64+,69+,70+,71-,72-,73+,74+,75+,76+,83+,84+,85-,86-/m1/s1. The molecule has 2 heterocycles.